The number of hydrogen-bond acceptors (Lipinski definition) is 13. The molecule has 0 aliphatic carbocycles. The summed E-state index contributed by atoms with van der Waals surface area (Å²) in [5.41, 5.74) is 0.175. The molecule has 14 nitrogen and oxygen atoms in total. The number of benzene rings is 1. The first-order valence-corrected chi connectivity index (χ1v) is 15.3. The van der Waals surface area contributed by atoms with Crippen LogP contribution in [0.1, 0.15) is 44.0 Å². The van der Waals surface area contributed by atoms with E-state index in [2.05, 4.69) is 16.3 Å². The molecule has 1 amide bonds. The highest BCUT2D eigenvalue weighted by atomic mass is 16.8. The van der Waals surface area contributed by atoms with Crippen molar-refractivity contribution < 1.29 is 47.9 Å². The number of nitrogens with one attached hydrogen (secondary N) is 1. The lowest BCUT2D eigenvalue weighted by Crippen LogP contribution is -2.50. The average molecular weight is 633 g/mol. The minimum absolute atomic E-state index is 0.0708. The van der Waals surface area contributed by atoms with Gasteiger partial charge in [-0.05, 0) is 51.9 Å². The third-order valence-corrected chi connectivity index (χ3v) is 8.97. The van der Waals surface area contributed by atoms with E-state index in [0.717, 1.165) is 25.9 Å². The smallest absolute Gasteiger partial charge is 0.338 e. The molecule has 1 aromatic carbocycles. The van der Waals surface area contributed by atoms with Crippen LogP contribution in [0.2, 0.25) is 0 Å². The van der Waals surface area contributed by atoms with Crippen molar-refractivity contribution in [1.82, 2.24) is 15.1 Å². The lowest BCUT2D eigenvalue weighted by Gasteiger charge is -2.35. The Bertz CT molecular complexity index is 1250. The van der Waals surface area contributed by atoms with E-state index in [0.29, 0.717) is 30.3 Å². The number of fused-ring (bicyclic) bond motifs is 1. The van der Waals surface area contributed by atoms with Gasteiger partial charge in [0, 0.05) is 25.0 Å². The number of esters is 1. The Labute approximate surface area is 263 Å². The number of amides is 1. The summed E-state index contributed by atoms with van der Waals surface area (Å²) in [6.45, 7) is 7.95. The fraction of sp³-hybridized carbons (Fsp3) is 0.710. The maximum atomic E-state index is 13.3. The fourth-order valence-electron chi connectivity index (χ4n) is 6.60. The van der Waals surface area contributed by atoms with E-state index in [9.17, 15) is 20.0 Å². The molecule has 4 saturated heterocycles. The highest BCUT2D eigenvalue weighted by Gasteiger charge is 2.54. The lowest BCUT2D eigenvalue weighted by atomic mass is 10.0. The van der Waals surface area contributed by atoms with Crippen molar-refractivity contribution in [2.45, 2.75) is 82.2 Å². The number of methoxy groups -OCH3 is 3. The van der Waals surface area contributed by atoms with E-state index in [1.165, 1.54) is 38.4 Å². The quantitative estimate of drug-likeness (QED) is 0.351. The molecule has 0 saturated carbocycles. The lowest BCUT2D eigenvalue weighted by molar-refractivity contribution is -0.216. The molecule has 4 fully saturated rings. The van der Waals surface area contributed by atoms with Gasteiger partial charge in [-0.15, -0.1) is 0 Å². The molecule has 7 atom stereocenters. The van der Waals surface area contributed by atoms with Crippen LogP contribution in [0.4, 0.5) is 0 Å². The topological polar surface area (TPSA) is 161 Å². The molecule has 2 N–H and O–H groups in total. The molecule has 0 bridgehead atoms. The van der Waals surface area contributed by atoms with Crippen LogP contribution in [-0.2, 0) is 23.7 Å². The van der Waals surface area contributed by atoms with E-state index in [1.54, 1.807) is 13.8 Å². The summed E-state index contributed by atoms with van der Waals surface area (Å²) in [4.78, 5) is 30.1. The Kier molecular flexibility index (Phi) is 10.1. The van der Waals surface area contributed by atoms with E-state index >= 15 is 0 Å². The summed E-state index contributed by atoms with van der Waals surface area (Å²) in [7, 11) is 4.36. The zero-order chi connectivity index (χ0) is 32.5. The number of hydrogen-bond donors (Lipinski definition) is 2. The Morgan fingerprint density at radius 3 is 2.36 bits per heavy atom. The number of aliphatic hydroxyl groups excluding tert-OH is 1. The molecule has 2 unspecified atom stereocenters. The fourth-order valence-corrected chi connectivity index (χ4v) is 6.60. The number of likely N-dealkylation sites (tertiary alicyclic amines) is 2. The number of carbonyl (C=O) groups excluding carboxylic acids is 2. The zero-order valence-electron chi connectivity index (χ0n) is 26.7. The van der Waals surface area contributed by atoms with Crippen molar-refractivity contribution in [3.63, 3.8) is 0 Å². The molecule has 5 rings (SSSR count). The Morgan fingerprint density at radius 1 is 1.11 bits per heavy atom. The van der Waals surface area contributed by atoms with Gasteiger partial charge in [0.2, 0.25) is 11.7 Å². The first-order chi connectivity index (χ1) is 21.5. The van der Waals surface area contributed by atoms with Crippen LogP contribution >= 0.6 is 0 Å². The molecule has 4 heterocycles. The normalized spacial score (nSPS) is 31.3. The number of ether oxygens (including phenoxy) is 7. The maximum Gasteiger partial charge on any atom is 0.338 e. The Morgan fingerprint density at radius 2 is 1.78 bits per heavy atom. The van der Waals surface area contributed by atoms with E-state index < -0.39 is 48.5 Å². The summed E-state index contributed by atoms with van der Waals surface area (Å²) >= 11 is 0. The van der Waals surface area contributed by atoms with Gasteiger partial charge in [0.25, 0.3) is 0 Å². The number of piperidine rings is 1. The number of nitrogens with zero attached hydrogens (tertiary/aromatic N) is 3. The van der Waals surface area contributed by atoms with Crippen molar-refractivity contribution in [2.24, 2.45) is 5.92 Å². The van der Waals surface area contributed by atoms with Gasteiger partial charge < -0.3 is 53.4 Å². The van der Waals surface area contributed by atoms with Crippen LogP contribution in [0.15, 0.2) is 12.1 Å². The first-order valence-electron chi connectivity index (χ1n) is 15.3. The predicted molar refractivity (Wildman–Crippen MR) is 158 cm³/mol. The second kappa shape index (κ2) is 13.7. The van der Waals surface area contributed by atoms with Crippen molar-refractivity contribution in [2.75, 3.05) is 54.1 Å². The molecule has 248 valence electrons. The number of nitriles is 1. The Hall–Kier alpha value is -3.19. The van der Waals surface area contributed by atoms with E-state index in [-0.39, 0.29) is 30.0 Å². The van der Waals surface area contributed by atoms with Crippen molar-refractivity contribution >= 4 is 11.9 Å². The largest absolute Gasteiger partial charge is 0.493 e. The van der Waals surface area contributed by atoms with Crippen molar-refractivity contribution in [1.29, 1.82) is 5.26 Å². The summed E-state index contributed by atoms with van der Waals surface area (Å²) < 4.78 is 39.3. The van der Waals surface area contributed by atoms with Crippen LogP contribution in [0, 0.1) is 17.2 Å². The van der Waals surface area contributed by atoms with E-state index in [1.807, 2.05) is 6.92 Å². The standard InChI is InChI=1S/C31H44N4O10/c1-17-15-35(20(13-32)26(17)43-29(38)18-11-21(39-4)27(41-6)22(12-18)40-5)24(36)14-33-19-7-9-34(10-8-19)16-23-25(37)28-30(42-23)45-31(2,3)44-28/h11-12,17,19-20,23,25-26,28,30,33,37H,7-10,14-16H2,1-6H3/t17?,20-,23-,25+,26?,28-,30-/m1/s1. The SMILES string of the molecule is COc1cc(C(=O)OC2C(C)CN(C(=O)CNC3CCN(C[C@H]4O[C@@H]5OC(C)(C)O[C@@H]5[C@H]4O)CC3)[C@@H]2C#N)cc(OC)c1OC. The monoisotopic (exact) mass is 632 g/mol. The third-order valence-electron chi connectivity index (χ3n) is 8.97. The highest BCUT2D eigenvalue weighted by Crippen LogP contribution is 2.39. The highest BCUT2D eigenvalue weighted by molar-refractivity contribution is 5.91. The minimum Gasteiger partial charge on any atom is -0.493 e. The van der Waals surface area contributed by atoms with Gasteiger partial charge in [-0.2, -0.15) is 5.26 Å². The zero-order valence-corrected chi connectivity index (χ0v) is 26.7. The first kappa shape index (κ1) is 33.2. The minimum atomic E-state index is -0.919. The molecule has 4 aliphatic heterocycles. The van der Waals surface area contributed by atoms with Gasteiger partial charge in [-0.3, -0.25) is 4.79 Å². The van der Waals surface area contributed by atoms with Gasteiger partial charge in [0.15, 0.2) is 29.6 Å². The molecule has 4 aliphatic rings. The molecular weight excluding hydrogens is 588 g/mol. The average Bonchev–Trinajstić information content (AvgIpc) is 3.61. The van der Waals surface area contributed by atoms with Gasteiger partial charge >= 0.3 is 5.97 Å². The number of aliphatic hydroxyl groups is 1. The van der Waals surface area contributed by atoms with Crippen LogP contribution < -0.4 is 19.5 Å². The summed E-state index contributed by atoms with van der Waals surface area (Å²) in [6, 6.07) is 4.35. The van der Waals surface area contributed by atoms with Crippen LogP contribution in [0.3, 0.4) is 0 Å². The number of carbonyl (C=O) groups is 2. The molecular formula is C31H44N4O10. The van der Waals surface area contributed by atoms with Crippen LogP contribution in [0.5, 0.6) is 17.2 Å². The maximum absolute atomic E-state index is 13.3. The van der Waals surface area contributed by atoms with Gasteiger partial charge in [-0.1, -0.05) is 6.92 Å². The van der Waals surface area contributed by atoms with Crippen LogP contribution in [-0.4, -0.2) is 129 Å². The van der Waals surface area contributed by atoms with Crippen molar-refractivity contribution in [3.05, 3.63) is 17.7 Å². The molecule has 0 radical (unpaired) electrons. The summed E-state index contributed by atoms with van der Waals surface area (Å²) in [5, 5.41) is 24.0. The third kappa shape index (κ3) is 6.98. The molecule has 0 aromatic heterocycles. The Balaban J connectivity index is 1.10. The summed E-state index contributed by atoms with van der Waals surface area (Å²) in [5.74, 6) is -0.958. The molecule has 1 aromatic rings. The summed E-state index contributed by atoms with van der Waals surface area (Å²) in [6.07, 6.45) is -1.37. The van der Waals surface area contributed by atoms with Gasteiger partial charge in [0.05, 0.1) is 39.5 Å². The van der Waals surface area contributed by atoms with Crippen molar-refractivity contribution in [3.8, 4) is 23.3 Å². The number of rotatable bonds is 10. The predicted octanol–water partition coefficient (Wildman–Crippen LogP) is 0.900. The van der Waals surface area contributed by atoms with Gasteiger partial charge in [-0.25, -0.2) is 4.79 Å². The molecule has 14 heteroatoms. The molecule has 0 spiro atoms. The molecule has 45 heavy (non-hydrogen) atoms. The second-order valence-corrected chi connectivity index (χ2v) is 12.5. The second-order valence-electron chi connectivity index (χ2n) is 12.5. The van der Waals surface area contributed by atoms with E-state index in [4.69, 9.17) is 33.2 Å². The van der Waals surface area contributed by atoms with Crippen LogP contribution in [0.25, 0.3) is 0 Å². The van der Waals surface area contributed by atoms with Gasteiger partial charge in [0.1, 0.15) is 24.4 Å².